The van der Waals surface area contributed by atoms with Gasteiger partial charge < -0.3 is 4.74 Å². The molecule has 0 aromatic rings. The molecule has 0 unspecified atom stereocenters. The molecule has 0 radical (unpaired) electrons. The number of aliphatic imine (C=N–C) groups is 1. The summed E-state index contributed by atoms with van der Waals surface area (Å²) in [5.74, 6) is -0.187. The largest absolute Gasteiger partial charge is 0.464 e. The zero-order valence-corrected chi connectivity index (χ0v) is 7.53. The van der Waals surface area contributed by atoms with E-state index in [1.54, 1.807) is 0 Å². The summed E-state index contributed by atoms with van der Waals surface area (Å²) in [4.78, 5) is 23.9. The molecule has 0 saturated carbocycles. The molecule has 0 heterocycles. The molecule has 0 aliphatic heterocycles. The van der Waals surface area contributed by atoms with E-state index in [0.29, 0.717) is 12.5 Å². The lowest BCUT2D eigenvalue weighted by Gasteiger charge is -2.07. The zero-order valence-electron chi connectivity index (χ0n) is 7.53. The van der Waals surface area contributed by atoms with Gasteiger partial charge in [-0.05, 0) is 12.8 Å². The Morgan fingerprint density at radius 3 is 2.50 bits per heavy atom. The molecule has 1 atom stereocenters. The molecule has 68 valence electrons. The van der Waals surface area contributed by atoms with Crippen LogP contribution in [0.1, 0.15) is 20.8 Å². The Morgan fingerprint density at radius 1 is 1.50 bits per heavy atom. The third kappa shape index (κ3) is 4.63. The molecule has 0 bridgehead atoms. The van der Waals surface area contributed by atoms with Crippen molar-refractivity contribution in [1.29, 1.82) is 0 Å². The van der Waals surface area contributed by atoms with Crippen LogP contribution in [0.4, 0.5) is 0 Å². The number of hydrogen-bond donors (Lipinski definition) is 0. The van der Waals surface area contributed by atoms with Crippen molar-refractivity contribution in [1.82, 2.24) is 0 Å². The first kappa shape index (κ1) is 10.8. The Morgan fingerprint density at radius 2 is 2.08 bits per heavy atom. The minimum absolute atomic E-state index is 0.293. The fraction of sp³-hybridized carbons (Fsp3) is 0.750. The molecule has 0 N–H and O–H groups in total. The van der Waals surface area contributed by atoms with Crippen LogP contribution in [0, 0.1) is 5.92 Å². The van der Waals surface area contributed by atoms with Gasteiger partial charge in [-0.3, -0.25) is 0 Å². The molecule has 4 heteroatoms. The molecule has 12 heavy (non-hydrogen) atoms. The topological polar surface area (TPSA) is 55.7 Å². The highest BCUT2D eigenvalue weighted by Crippen LogP contribution is 1.97. The van der Waals surface area contributed by atoms with Crippen LogP contribution >= 0.6 is 0 Å². The lowest BCUT2D eigenvalue weighted by molar-refractivity contribution is -0.145. The molecule has 0 aromatic heterocycles. The van der Waals surface area contributed by atoms with Crippen molar-refractivity contribution in [3.63, 3.8) is 0 Å². The van der Waals surface area contributed by atoms with Gasteiger partial charge in [0.1, 0.15) is 0 Å². The molecule has 0 amide bonds. The van der Waals surface area contributed by atoms with Crippen molar-refractivity contribution in [3.05, 3.63) is 0 Å². The number of carbonyl (C=O) groups is 1. The van der Waals surface area contributed by atoms with Crippen molar-refractivity contribution in [3.8, 4) is 0 Å². The maximum Gasteiger partial charge on any atom is 0.331 e. The molecule has 0 spiro atoms. The van der Waals surface area contributed by atoms with Crippen LogP contribution in [-0.2, 0) is 14.3 Å². The normalized spacial score (nSPS) is 12.0. The molecule has 0 aliphatic rings. The van der Waals surface area contributed by atoms with Crippen LogP contribution < -0.4 is 0 Å². The Labute approximate surface area is 71.6 Å². The molecule has 0 aromatic carbocycles. The number of ether oxygens (including phenoxy) is 1. The quantitative estimate of drug-likeness (QED) is 0.359. The Bertz CT molecular complexity index is 194. The van der Waals surface area contributed by atoms with Gasteiger partial charge >= 0.3 is 5.97 Å². The van der Waals surface area contributed by atoms with Crippen molar-refractivity contribution in [2.75, 3.05) is 6.61 Å². The van der Waals surface area contributed by atoms with E-state index in [9.17, 15) is 9.59 Å². The van der Waals surface area contributed by atoms with Crippen LogP contribution in [0.25, 0.3) is 0 Å². The lowest BCUT2D eigenvalue weighted by atomic mass is 10.2. The molecular weight excluding hydrogens is 158 g/mol. The van der Waals surface area contributed by atoms with E-state index in [-0.39, 0.29) is 0 Å². The molecule has 4 nitrogen and oxygen atoms in total. The van der Waals surface area contributed by atoms with Crippen LogP contribution in [0.2, 0.25) is 0 Å². The minimum Gasteiger partial charge on any atom is -0.464 e. The summed E-state index contributed by atoms with van der Waals surface area (Å²) in [7, 11) is 0. The van der Waals surface area contributed by atoms with Gasteiger partial charge in [0.15, 0.2) is 6.04 Å². The summed E-state index contributed by atoms with van der Waals surface area (Å²) >= 11 is 0. The second kappa shape index (κ2) is 5.49. The van der Waals surface area contributed by atoms with Gasteiger partial charge in [-0.1, -0.05) is 13.8 Å². The van der Waals surface area contributed by atoms with E-state index in [1.807, 2.05) is 13.8 Å². The van der Waals surface area contributed by atoms with Crippen LogP contribution in [0.3, 0.4) is 0 Å². The number of rotatable bonds is 4. The number of carbonyl (C=O) groups excluding carboxylic acids is 2. The highest BCUT2D eigenvalue weighted by Gasteiger charge is 2.12. The monoisotopic (exact) mass is 171 g/mol. The van der Waals surface area contributed by atoms with Gasteiger partial charge in [0, 0.05) is 0 Å². The molecule has 0 saturated heterocycles. The van der Waals surface area contributed by atoms with Gasteiger partial charge in [0.2, 0.25) is 6.08 Å². The van der Waals surface area contributed by atoms with Gasteiger partial charge in [0.05, 0.1) is 6.61 Å². The number of esters is 1. The summed E-state index contributed by atoms with van der Waals surface area (Å²) in [6.45, 7) is 5.72. The van der Waals surface area contributed by atoms with Crippen molar-refractivity contribution in [2.24, 2.45) is 10.9 Å². The Hall–Kier alpha value is -1.15. The molecular formula is C8H13NO3. The summed E-state index contributed by atoms with van der Waals surface area (Å²) in [6, 6.07) is -0.735. The first-order valence-corrected chi connectivity index (χ1v) is 3.81. The van der Waals surface area contributed by atoms with Crippen LogP contribution in [-0.4, -0.2) is 24.7 Å². The van der Waals surface area contributed by atoms with Gasteiger partial charge in [-0.15, -0.1) is 0 Å². The maximum atomic E-state index is 10.9. The molecule has 0 fully saturated rings. The third-order valence-electron chi connectivity index (χ3n) is 1.15. The van der Waals surface area contributed by atoms with E-state index in [2.05, 4.69) is 4.99 Å². The zero-order chi connectivity index (χ0) is 9.56. The van der Waals surface area contributed by atoms with Gasteiger partial charge in [0.25, 0.3) is 0 Å². The molecule has 0 aliphatic carbocycles. The minimum atomic E-state index is -0.735. The van der Waals surface area contributed by atoms with Crippen LogP contribution in [0.15, 0.2) is 4.99 Å². The summed E-state index contributed by atoms with van der Waals surface area (Å²) in [5, 5.41) is 0. The maximum absolute atomic E-state index is 10.9. The van der Waals surface area contributed by atoms with Crippen molar-refractivity contribution in [2.45, 2.75) is 26.8 Å². The SMILES string of the molecule is CC(C)COC(=O)[C@H](C)N=C=O. The van der Waals surface area contributed by atoms with E-state index in [1.165, 1.54) is 13.0 Å². The second-order valence-corrected chi connectivity index (χ2v) is 2.92. The highest BCUT2D eigenvalue weighted by molar-refractivity contribution is 5.76. The Kier molecular flexibility index (Phi) is 4.97. The van der Waals surface area contributed by atoms with Gasteiger partial charge in [-0.2, -0.15) is 4.99 Å². The number of isocyanates is 1. The van der Waals surface area contributed by atoms with E-state index in [0.717, 1.165) is 0 Å². The highest BCUT2D eigenvalue weighted by atomic mass is 16.5. The number of nitrogens with zero attached hydrogens (tertiary/aromatic N) is 1. The Balaban J connectivity index is 3.79. The second-order valence-electron chi connectivity index (χ2n) is 2.92. The summed E-state index contributed by atoms with van der Waals surface area (Å²) in [6.07, 6.45) is 1.31. The van der Waals surface area contributed by atoms with Crippen molar-refractivity contribution >= 4 is 12.0 Å². The van der Waals surface area contributed by atoms with Crippen molar-refractivity contribution < 1.29 is 14.3 Å². The van der Waals surface area contributed by atoms with Crippen LogP contribution in [0.5, 0.6) is 0 Å². The van der Waals surface area contributed by atoms with E-state index < -0.39 is 12.0 Å². The van der Waals surface area contributed by atoms with E-state index in [4.69, 9.17) is 4.74 Å². The fourth-order valence-electron chi connectivity index (χ4n) is 0.501. The lowest BCUT2D eigenvalue weighted by Crippen LogP contribution is -2.20. The first-order valence-electron chi connectivity index (χ1n) is 3.81. The molecule has 0 rings (SSSR count). The van der Waals surface area contributed by atoms with E-state index >= 15 is 0 Å². The smallest absolute Gasteiger partial charge is 0.331 e. The standard InChI is InChI=1S/C8H13NO3/c1-6(2)4-12-8(11)7(3)9-5-10/h6-7H,4H2,1-3H3/t7-/m0/s1. The average Bonchev–Trinajstić information content (AvgIpc) is 2.00. The average molecular weight is 171 g/mol. The fourth-order valence-corrected chi connectivity index (χ4v) is 0.501. The first-order chi connectivity index (χ1) is 5.57. The summed E-state index contributed by atoms with van der Waals surface area (Å²) < 4.78 is 4.81. The third-order valence-corrected chi connectivity index (χ3v) is 1.15. The summed E-state index contributed by atoms with van der Waals surface area (Å²) in [5.41, 5.74) is 0. The predicted octanol–water partition coefficient (Wildman–Crippen LogP) is 0.910. The predicted molar refractivity (Wildman–Crippen MR) is 43.4 cm³/mol. The number of hydrogen-bond acceptors (Lipinski definition) is 4. The van der Waals surface area contributed by atoms with Gasteiger partial charge in [-0.25, -0.2) is 9.59 Å².